The zero-order valence-corrected chi connectivity index (χ0v) is 20.8. The van der Waals surface area contributed by atoms with Gasteiger partial charge in [-0.15, -0.1) is 0 Å². The molecule has 1 atom stereocenters. The van der Waals surface area contributed by atoms with Crippen LogP contribution in [-0.2, 0) is 32.6 Å². The predicted molar refractivity (Wildman–Crippen MR) is 129 cm³/mol. The van der Waals surface area contributed by atoms with Gasteiger partial charge in [-0.1, -0.05) is 48.3 Å². The molecule has 0 heterocycles. The molecular formula is C22H27Cl2N3O4S. The predicted octanol–water partition coefficient (Wildman–Crippen LogP) is 3.49. The lowest BCUT2D eigenvalue weighted by molar-refractivity contribution is -0.139. The molecule has 7 nitrogen and oxygen atoms in total. The third-order valence-corrected chi connectivity index (χ3v) is 6.96. The number of anilines is 1. The van der Waals surface area contributed by atoms with Crippen LogP contribution in [0.15, 0.2) is 42.5 Å². The second-order valence-corrected chi connectivity index (χ2v) is 10.0. The Hall–Kier alpha value is -2.29. The number of benzene rings is 2. The maximum atomic E-state index is 13.3. The molecule has 2 aromatic rings. The smallest absolute Gasteiger partial charge is 0.244 e. The first-order chi connectivity index (χ1) is 15.0. The Balaban J connectivity index is 2.42. The lowest BCUT2D eigenvalue weighted by Gasteiger charge is -2.31. The van der Waals surface area contributed by atoms with E-state index in [-0.39, 0.29) is 6.54 Å². The van der Waals surface area contributed by atoms with Crippen molar-refractivity contribution in [3.8, 4) is 0 Å². The van der Waals surface area contributed by atoms with Crippen LogP contribution in [0.4, 0.5) is 5.69 Å². The summed E-state index contributed by atoms with van der Waals surface area (Å²) in [7, 11) is -2.31. The molecule has 174 valence electrons. The van der Waals surface area contributed by atoms with E-state index in [0.717, 1.165) is 22.5 Å². The van der Waals surface area contributed by atoms with Gasteiger partial charge in [0.25, 0.3) is 0 Å². The molecule has 2 aromatic carbocycles. The Morgan fingerprint density at radius 1 is 1.06 bits per heavy atom. The van der Waals surface area contributed by atoms with E-state index in [0.29, 0.717) is 21.3 Å². The molecule has 0 spiro atoms. The topological polar surface area (TPSA) is 86.8 Å². The van der Waals surface area contributed by atoms with E-state index in [9.17, 15) is 18.0 Å². The van der Waals surface area contributed by atoms with Gasteiger partial charge in [-0.05, 0) is 43.2 Å². The first-order valence-electron chi connectivity index (χ1n) is 10.00. The molecule has 0 fully saturated rings. The molecule has 0 aromatic heterocycles. The molecule has 2 amide bonds. The summed E-state index contributed by atoms with van der Waals surface area (Å²) in [5, 5.41) is 3.20. The van der Waals surface area contributed by atoms with Crippen molar-refractivity contribution in [3.63, 3.8) is 0 Å². The lowest BCUT2D eigenvalue weighted by atomic mass is 10.1. The van der Waals surface area contributed by atoms with Crippen LogP contribution in [0.2, 0.25) is 10.0 Å². The molecular weight excluding hydrogens is 473 g/mol. The number of hydrogen-bond donors (Lipinski definition) is 1. The van der Waals surface area contributed by atoms with Gasteiger partial charge in [0.1, 0.15) is 12.6 Å². The fourth-order valence-corrected chi connectivity index (χ4v) is 4.52. The highest BCUT2D eigenvalue weighted by Gasteiger charge is 2.30. The number of amides is 2. The number of aryl methyl sites for hydroxylation is 1. The first kappa shape index (κ1) is 26.0. The van der Waals surface area contributed by atoms with Crippen molar-refractivity contribution in [2.75, 3.05) is 24.2 Å². The van der Waals surface area contributed by atoms with Crippen molar-refractivity contribution in [2.24, 2.45) is 0 Å². The molecule has 0 radical (unpaired) electrons. The van der Waals surface area contributed by atoms with Crippen molar-refractivity contribution < 1.29 is 18.0 Å². The number of rotatable bonds is 9. The van der Waals surface area contributed by atoms with Crippen molar-refractivity contribution >= 4 is 50.7 Å². The zero-order chi connectivity index (χ0) is 24.1. The average Bonchev–Trinajstić information content (AvgIpc) is 2.75. The number of nitrogens with zero attached hydrogens (tertiary/aromatic N) is 2. The first-order valence-corrected chi connectivity index (χ1v) is 12.6. The lowest BCUT2D eigenvalue weighted by Crippen LogP contribution is -2.50. The van der Waals surface area contributed by atoms with Crippen molar-refractivity contribution in [1.82, 2.24) is 10.2 Å². The Morgan fingerprint density at radius 2 is 1.62 bits per heavy atom. The summed E-state index contributed by atoms with van der Waals surface area (Å²) in [6, 6.07) is 11.0. The van der Waals surface area contributed by atoms with Crippen molar-refractivity contribution in [2.45, 2.75) is 32.9 Å². The molecule has 32 heavy (non-hydrogen) atoms. The molecule has 0 bridgehead atoms. The van der Waals surface area contributed by atoms with Gasteiger partial charge in [0.2, 0.25) is 21.8 Å². The van der Waals surface area contributed by atoms with Gasteiger partial charge in [-0.3, -0.25) is 13.9 Å². The summed E-state index contributed by atoms with van der Waals surface area (Å²) in [5.74, 6) is -0.971. The molecule has 0 saturated carbocycles. The monoisotopic (exact) mass is 499 g/mol. The third kappa shape index (κ3) is 6.37. The largest absolute Gasteiger partial charge is 0.357 e. The number of sulfonamides is 1. The number of nitrogens with one attached hydrogen (secondary N) is 1. The second kappa shape index (κ2) is 11.0. The second-order valence-electron chi connectivity index (χ2n) is 7.30. The van der Waals surface area contributed by atoms with Gasteiger partial charge < -0.3 is 10.2 Å². The van der Waals surface area contributed by atoms with E-state index in [4.69, 9.17) is 23.2 Å². The standard InChI is InChI=1S/C22H27Cl2N3O4S/c1-5-16-9-11-17(12-10-16)27(32(4,30)31)14-21(28)26(15(2)22(29)25-3)13-18-19(23)7-6-8-20(18)24/h6-12,15H,5,13-14H2,1-4H3,(H,25,29)/t15-/m0/s1. The Labute approximate surface area is 199 Å². The minimum absolute atomic E-state index is 0.0572. The minimum atomic E-state index is -3.77. The van der Waals surface area contributed by atoms with E-state index in [1.54, 1.807) is 37.3 Å². The normalized spacial score (nSPS) is 12.2. The zero-order valence-electron chi connectivity index (χ0n) is 18.4. The van der Waals surface area contributed by atoms with E-state index in [2.05, 4.69) is 5.32 Å². The number of hydrogen-bond acceptors (Lipinski definition) is 4. The Kier molecular flexibility index (Phi) is 8.95. The number of likely N-dealkylation sites (N-methyl/N-ethyl adjacent to an activating group) is 1. The SMILES string of the molecule is CCc1ccc(N(CC(=O)N(Cc2c(Cl)cccc2Cl)[C@@H](C)C(=O)NC)S(C)(=O)=O)cc1. The van der Waals surface area contributed by atoms with E-state index in [1.165, 1.54) is 11.9 Å². The van der Waals surface area contributed by atoms with Crippen LogP contribution in [0.5, 0.6) is 0 Å². The number of carbonyl (C=O) groups excluding carboxylic acids is 2. The van der Waals surface area contributed by atoms with E-state index >= 15 is 0 Å². The molecule has 0 aliphatic heterocycles. The fourth-order valence-electron chi connectivity index (χ4n) is 3.16. The molecule has 10 heteroatoms. The highest BCUT2D eigenvalue weighted by atomic mass is 35.5. The van der Waals surface area contributed by atoms with Gasteiger partial charge in [0.15, 0.2) is 0 Å². The molecule has 2 rings (SSSR count). The Morgan fingerprint density at radius 3 is 2.09 bits per heavy atom. The molecule has 0 aliphatic rings. The van der Waals surface area contributed by atoms with Gasteiger partial charge in [0.05, 0.1) is 11.9 Å². The van der Waals surface area contributed by atoms with Crippen LogP contribution < -0.4 is 9.62 Å². The molecule has 0 aliphatic carbocycles. The fraction of sp³-hybridized carbons (Fsp3) is 0.364. The van der Waals surface area contributed by atoms with Crippen molar-refractivity contribution in [1.29, 1.82) is 0 Å². The van der Waals surface area contributed by atoms with E-state index < -0.39 is 34.4 Å². The van der Waals surface area contributed by atoms with Crippen molar-refractivity contribution in [3.05, 3.63) is 63.6 Å². The van der Waals surface area contributed by atoms with Gasteiger partial charge in [0, 0.05) is 29.2 Å². The van der Waals surface area contributed by atoms with Gasteiger partial charge in [-0.25, -0.2) is 8.42 Å². The average molecular weight is 500 g/mol. The molecule has 1 N–H and O–H groups in total. The summed E-state index contributed by atoms with van der Waals surface area (Å²) in [5.41, 5.74) is 1.87. The summed E-state index contributed by atoms with van der Waals surface area (Å²) < 4.78 is 26.0. The van der Waals surface area contributed by atoms with Crippen LogP contribution >= 0.6 is 23.2 Å². The van der Waals surface area contributed by atoms with Gasteiger partial charge in [-0.2, -0.15) is 0 Å². The van der Waals surface area contributed by atoms with Crippen LogP contribution in [0.25, 0.3) is 0 Å². The molecule has 0 unspecified atom stereocenters. The summed E-state index contributed by atoms with van der Waals surface area (Å²) in [4.78, 5) is 26.9. The minimum Gasteiger partial charge on any atom is -0.357 e. The van der Waals surface area contributed by atoms with Gasteiger partial charge >= 0.3 is 0 Å². The summed E-state index contributed by atoms with van der Waals surface area (Å²) >= 11 is 12.5. The summed E-state index contributed by atoms with van der Waals surface area (Å²) in [6.45, 7) is 3.01. The highest BCUT2D eigenvalue weighted by molar-refractivity contribution is 7.92. The maximum Gasteiger partial charge on any atom is 0.244 e. The quantitative estimate of drug-likeness (QED) is 0.571. The molecule has 0 saturated heterocycles. The van der Waals surface area contributed by atoms with Crippen LogP contribution in [0.3, 0.4) is 0 Å². The third-order valence-electron chi connectivity index (χ3n) is 5.12. The van der Waals surface area contributed by atoms with Crippen LogP contribution in [0, 0.1) is 0 Å². The highest BCUT2D eigenvalue weighted by Crippen LogP contribution is 2.27. The maximum absolute atomic E-state index is 13.3. The Bertz CT molecular complexity index is 1050. The number of halogens is 2. The van der Waals surface area contributed by atoms with Crippen LogP contribution in [0.1, 0.15) is 25.0 Å². The summed E-state index contributed by atoms with van der Waals surface area (Å²) in [6.07, 6.45) is 1.83. The van der Waals surface area contributed by atoms with Crippen LogP contribution in [-0.4, -0.2) is 51.0 Å². The van der Waals surface area contributed by atoms with E-state index in [1.807, 2.05) is 19.1 Å². The number of carbonyl (C=O) groups is 2.